The number of nitrogens with zero attached hydrogens (tertiary/aromatic N) is 2. The second-order valence-corrected chi connectivity index (χ2v) is 9.60. The van der Waals surface area contributed by atoms with Crippen LogP contribution in [0.3, 0.4) is 0 Å². The molecule has 5 nitrogen and oxygen atoms in total. The van der Waals surface area contributed by atoms with Gasteiger partial charge in [-0.15, -0.1) is 11.3 Å². The van der Waals surface area contributed by atoms with Crippen molar-refractivity contribution >= 4 is 33.9 Å². The zero-order valence-corrected chi connectivity index (χ0v) is 19.8. The molecule has 1 amide bonds. The minimum absolute atomic E-state index is 0.180. The van der Waals surface area contributed by atoms with E-state index in [4.69, 9.17) is 0 Å². The number of aromatic nitrogens is 1. The SMILES string of the molecule is Cn1cc(CCN2C(=O)C(O)=C(C(=O)CCc3ccccc3)C2c2cccs2)c2ccccc21. The predicted octanol–water partition coefficient (Wildman–Crippen LogP) is 5.38. The van der Waals surface area contributed by atoms with Gasteiger partial charge in [-0.2, -0.15) is 0 Å². The van der Waals surface area contributed by atoms with Crippen LogP contribution in [0, 0.1) is 0 Å². The number of carbonyl (C=O) groups excluding carboxylic acids is 2. The number of aliphatic hydroxyl groups excluding tert-OH is 1. The number of carbonyl (C=O) groups is 2. The van der Waals surface area contributed by atoms with E-state index in [1.165, 1.54) is 11.3 Å². The Morgan fingerprint density at radius 3 is 2.53 bits per heavy atom. The van der Waals surface area contributed by atoms with E-state index in [0.29, 0.717) is 19.4 Å². The number of hydrogen-bond donors (Lipinski definition) is 1. The number of benzene rings is 2. The number of hydrogen-bond acceptors (Lipinski definition) is 4. The van der Waals surface area contributed by atoms with Gasteiger partial charge in [0.05, 0.1) is 11.6 Å². The average molecular weight is 471 g/mol. The summed E-state index contributed by atoms with van der Waals surface area (Å²) in [5.74, 6) is -1.06. The van der Waals surface area contributed by atoms with Crippen LogP contribution >= 0.6 is 11.3 Å². The van der Waals surface area contributed by atoms with Crippen LogP contribution in [0.2, 0.25) is 0 Å². The topological polar surface area (TPSA) is 62.5 Å². The summed E-state index contributed by atoms with van der Waals surface area (Å²) in [6, 6.07) is 21.3. The standard InChI is InChI=1S/C28H26N2O3S/c1-29-18-20(21-10-5-6-11-22(21)29)15-16-30-26(24-12-7-17-34-24)25(27(32)28(30)33)23(31)14-13-19-8-3-2-4-9-19/h2-12,17-18,26,32H,13-16H2,1H3. The van der Waals surface area contributed by atoms with Crippen LogP contribution in [0.15, 0.2) is 89.6 Å². The number of ketones is 1. The molecule has 0 radical (unpaired) electrons. The summed E-state index contributed by atoms with van der Waals surface area (Å²) < 4.78 is 2.08. The van der Waals surface area contributed by atoms with Gasteiger partial charge < -0.3 is 14.6 Å². The quantitative estimate of drug-likeness (QED) is 0.376. The molecule has 0 aliphatic carbocycles. The molecule has 0 saturated heterocycles. The molecule has 5 rings (SSSR count). The fourth-order valence-corrected chi connectivity index (χ4v) is 5.66. The van der Waals surface area contributed by atoms with Gasteiger partial charge in [0.25, 0.3) is 5.91 Å². The van der Waals surface area contributed by atoms with Crippen molar-refractivity contribution in [2.75, 3.05) is 6.54 Å². The van der Waals surface area contributed by atoms with Gasteiger partial charge in [0, 0.05) is 42.0 Å². The zero-order chi connectivity index (χ0) is 23.7. The van der Waals surface area contributed by atoms with Gasteiger partial charge in [-0.3, -0.25) is 9.59 Å². The molecule has 0 bridgehead atoms. The van der Waals surface area contributed by atoms with Crippen LogP contribution in [-0.2, 0) is 29.5 Å². The van der Waals surface area contributed by atoms with Gasteiger partial charge in [-0.25, -0.2) is 0 Å². The normalized spacial score (nSPS) is 16.1. The van der Waals surface area contributed by atoms with Crippen LogP contribution in [0.25, 0.3) is 10.9 Å². The lowest BCUT2D eigenvalue weighted by molar-refractivity contribution is -0.129. The molecule has 1 aliphatic heterocycles. The number of amides is 1. The molecule has 0 saturated carbocycles. The molecule has 2 aromatic carbocycles. The molecular formula is C28H26N2O3S. The van der Waals surface area contributed by atoms with Crippen LogP contribution in [0.5, 0.6) is 0 Å². The minimum Gasteiger partial charge on any atom is -0.503 e. The van der Waals surface area contributed by atoms with Crippen molar-refractivity contribution in [1.82, 2.24) is 9.47 Å². The molecule has 1 unspecified atom stereocenters. The molecule has 3 heterocycles. The van der Waals surface area contributed by atoms with Gasteiger partial charge in [0.15, 0.2) is 11.5 Å². The molecule has 1 aliphatic rings. The molecule has 1 N–H and O–H groups in total. The summed E-state index contributed by atoms with van der Waals surface area (Å²) in [5.41, 5.74) is 3.55. The largest absolute Gasteiger partial charge is 0.503 e. The first-order valence-corrected chi connectivity index (χ1v) is 12.3. The highest BCUT2D eigenvalue weighted by Crippen LogP contribution is 2.40. The number of rotatable bonds is 8. The van der Waals surface area contributed by atoms with Crippen LogP contribution in [0.1, 0.15) is 28.5 Å². The van der Waals surface area contributed by atoms with Crippen LogP contribution in [0.4, 0.5) is 0 Å². The van der Waals surface area contributed by atoms with Gasteiger partial charge in [0.2, 0.25) is 0 Å². The zero-order valence-electron chi connectivity index (χ0n) is 19.0. The van der Waals surface area contributed by atoms with E-state index < -0.39 is 17.7 Å². The Labute approximate surface area is 202 Å². The highest BCUT2D eigenvalue weighted by atomic mass is 32.1. The summed E-state index contributed by atoms with van der Waals surface area (Å²) in [4.78, 5) is 29.0. The van der Waals surface area contributed by atoms with Crippen molar-refractivity contribution in [3.63, 3.8) is 0 Å². The second-order valence-electron chi connectivity index (χ2n) is 8.62. The Morgan fingerprint density at radius 1 is 1.00 bits per heavy atom. The Hall–Kier alpha value is -3.64. The number of fused-ring (bicyclic) bond motifs is 1. The smallest absolute Gasteiger partial charge is 0.290 e. The average Bonchev–Trinajstić information content (AvgIpc) is 3.56. The van der Waals surface area contributed by atoms with Crippen molar-refractivity contribution in [2.45, 2.75) is 25.3 Å². The third kappa shape index (κ3) is 4.05. The van der Waals surface area contributed by atoms with Crippen molar-refractivity contribution < 1.29 is 14.7 Å². The van der Waals surface area contributed by atoms with E-state index in [9.17, 15) is 14.7 Å². The summed E-state index contributed by atoms with van der Waals surface area (Å²) in [5, 5.41) is 13.9. The summed E-state index contributed by atoms with van der Waals surface area (Å²) in [7, 11) is 2.01. The molecule has 4 aromatic rings. The van der Waals surface area contributed by atoms with E-state index in [-0.39, 0.29) is 17.8 Å². The predicted molar refractivity (Wildman–Crippen MR) is 135 cm³/mol. The van der Waals surface area contributed by atoms with Crippen molar-refractivity contribution in [2.24, 2.45) is 7.05 Å². The van der Waals surface area contributed by atoms with Crippen molar-refractivity contribution in [3.8, 4) is 0 Å². The lowest BCUT2D eigenvalue weighted by atomic mass is 9.97. The van der Waals surface area contributed by atoms with Crippen molar-refractivity contribution in [3.05, 3.63) is 106 Å². The van der Waals surface area contributed by atoms with Crippen molar-refractivity contribution in [1.29, 1.82) is 0 Å². The van der Waals surface area contributed by atoms with Gasteiger partial charge in [-0.05, 0) is 41.5 Å². The van der Waals surface area contributed by atoms with Crippen LogP contribution < -0.4 is 0 Å². The molecule has 1 atom stereocenters. The van der Waals surface area contributed by atoms with E-state index in [0.717, 1.165) is 26.9 Å². The first-order valence-electron chi connectivity index (χ1n) is 11.4. The Balaban J connectivity index is 1.40. The number of aliphatic hydroxyl groups is 1. The Morgan fingerprint density at radius 2 is 1.76 bits per heavy atom. The van der Waals surface area contributed by atoms with E-state index in [2.05, 4.69) is 22.9 Å². The number of aryl methyl sites for hydroxylation is 2. The Bertz CT molecular complexity index is 1370. The maximum Gasteiger partial charge on any atom is 0.290 e. The monoisotopic (exact) mass is 470 g/mol. The second kappa shape index (κ2) is 9.31. The molecular weight excluding hydrogens is 444 g/mol. The highest BCUT2D eigenvalue weighted by Gasteiger charge is 2.43. The first-order chi connectivity index (χ1) is 16.5. The van der Waals surface area contributed by atoms with E-state index >= 15 is 0 Å². The maximum absolute atomic E-state index is 13.3. The molecule has 2 aromatic heterocycles. The molecule has 0 spiro atoms. The number of para-hydroxylation sites is 1. The number of Topliss-reactive ketones (excluding diaryl/α,β-unsaturated/α-hetero) is 1. The summed E-state index contributed by atoms with van der Waals surface area (Å²) >= 11 is 1.50. The lowest BCUT2D eigenvalue weighted by Gasteiger charge is -2.25. The fourth-order valence-electron chi connectivity index (χ4n) is 4.81. The molecule has 34 heavy (non-hydrogen) atoms. The van der Waals surface area contributed by atoms with Gasteiger partial charge in [-0.1, -0.05) is 54.6 Å². The molecule has 172 valence electrons. The molecule has 0 fully saturated rings. The molecule has 6 heteroatoms. The maximum atomic E-state index is 13.3. The first kappa shape index (κ1) is 22.2. The lowest BCUT2D eigenvalue weighted by Crippen LogP contribution is -2.32. The fraction of sp³-hybridized carbons (Fsp3) is 0.214. The van der Waals surface area contributed by atoms with Gasteiger partial charge in [0.1, 0.15) is 0 Å². The number of thiophene rings is 1. The third-order valence-corrected chi connectivity index (χ3v) is 7.43. The third-order valence-electron chi connectivity index (χ3n) is 6.50. The van der Waals surface area contributed by atoms with Gasteiger partial charge >= 0.3 is 0 Å². The highest BCUT2D eigenvalue weighted by molar-refractivity contribution is 7.10. The van der Waals surface area contributed by atoms with Crippen LogP contribution in [-0.4, -0.2) is 32.8 Å². The summed E-state index contributed by atoms with van der Waals surface area (Å²) in [6.07, 6.45) is 3.53. The summed E-state index contributed by atoms with van der Waals surface area (Å²) in [6.45, 7) is 0.412. The minimum atomic E-state index is -0.550. The Kier molecular flexibility index (Phi) is 6.07. The van der Waals surface area contributed by atoms with E-state index in [1.54, 1.807) is 4.90 Å². The van der Waals surface area contributed by atoms with E-state index in [1.807, 2.05) is 67.0 Å².